The van der Waals surface area contributed by atoms with Crippen LogP contribution in [0.2, 0.25) is 0 Å². The third kappa shape index (κ3) is 2.49. The predicted molar refractivity (Wildman–Crippen MR) is 64.4 cm³/mol. The van der Waals surface area contributed by atoms with Crippen molar-refractivity contribution in [2.24, 2.45) is 5.73 Å². The van der Waals surface area contributed by atoms with Crippen LogP contribution < -0.4 is 5.73 Å². The van der Waals surface area contributed by atoms with Crippen molar-refractivity contribution in [3.05, 3.63) is 29.3 Å². The molecular formula is C12H14F3NO2S. The number of alkyl halides is 3. The molecule has 0 saturated heterocycles. The second kappa shape index (κ2) is 4.79. The molecule has 1 aliphatic rings. The first kappa shape index (κ1) is 14.3. The van der Waals surface area contributed by atoms with Crippen LogP contribution in [0.1, 0.15) is 24.0 Å². The molecule has 0 aromatic heterocycles. The van der Waals surface area contributed by atoms with Crippen molar-refractivity contribution in [3.8, 4) is 0 Å². The zero-order valence-electron chi connectivity index (χ0n) is 10.1. The van der Waals surface area contributed by atoms with Gasteiger partial charge in [-0.2, -0.15) is 13.2 Å². The third-order valence-corrected chi connectivity index (χ3v) is 5.62. The fourth-order valence-electron chi connectivity index (χ4n) is 2.43. The maximum absolute atomic E-state index is 12.9. The maximum Gasteiger partial charge on any atom is 0.416 e. The lowest BCUT2D eigenvalue weighted by Crippen LogP contribution is -2.18. The maximum atomic E-state index is 12.9. The molecule has 1 unspecified atom stereocenters. The van der Waals surface area contributed by atoms with Crippen LogP contribution in [0.25, 0.3) is 0 Å². The van der Waals surface area contributed by atoms with Gasteiger partial charge in [0, 0.05) is 0 Å². The van der Waals surface area contributed by atoms with E-state index >= 15 is 0 Å². The molecular weight excluding hydrogens is 279 g/mol. The average molecular weight is 293 g/mol. The Morgan fingerprint density at radius 3 is 2.58 bits per heavy atom. The third-order valence-electron chi connectivity index (χ3n) is 3.35. The van der Waals surface area contributed by atoms with Crippen LogP contribution >= 0.6 is 0 Å². The van der Waals surface area contributed by atoms with Gasteiger partial charge in [0.05, 0.1) is 15.7 Å². The molecule has 0 radical (unpaired) electrons. The molecule has 1 aromatic carbocycles. The van der Waals surface area contributed by atoms with Gasteiger partial charge >= 0.3 is 6.18 Å². The van der Waals surface area contributed by atoms with Crippen LogP contribution in [0, 0.1) is 0 Å². The van der Waals surface area contributed by atoms with Crippen LogP contribution in [0.3, 0.4) is 0 Å². The van der Waals surface area contributed by atoms with E-state index in [0.717, 1.165) is 12.1 Å². The highest BCUT2D eigenvalue weighted by Gasteiger charge is 2.43. The molecule has 0 amide bonds. The largest absolute Gasteiger partial charge is 0.416 e. The summed E-state index contributed by atoms with van der Waals surface area (Å²) >= 11 is 0. The highest BCUT2D eigenvalue weighted by atomic mass is 32.2. The van der Waals surface area contributed by atoms with Crippen molar-refractivity contribution < 1.29 is 21.6 Å². The number of nitrogens with two attached hydrogens (primary N) is 1. The molecule has 2 rings (SSSR count). The highest BCUT2D eigenvalue weighted by Crippen LogP contribution is 2.41. The van der Waals surface area contributed by atoms with Crippen LogP contribution in [0.15, 0.2) is 23.1 Å². The fraction of sp³-hybridized carbons (Fsp3) is 0.500. The molecule has 1 heterocycles. The summed E-state index contributed by atoms with van der Waals surface area (Å²) in [6.07, 6.45) is -3.82. The van der Waals surface area contributed by atoms with E-state index in [1.165, 1.54) is 6.07 Å². The van der Waals surface area contributed by atoms with Gasteiger partial charge in [0.2, 0.25) is 0 Å². The van der Waals surface area contributed by atoms with E-state index in [0.29, 0.717) is 19.4 Å². The van der Waals surface area contributed by atoms with Crippen LogP contribution in [0.5, 0.6) is 0 Å². The van der Waals surface area contributed by atoms with Gasteiger partial charge in [-0.15, -0.1) is 0 Å². The molecule has 0 fully saturated rings. The lowest BCUT2D eigenvalue weighted by atomic mass is 10.0. The summed E-state index contributed by atoms with van der Waals surface area (Å²) < 4.78 is 62.9. The number of fused-ring (bicyclic) bond motifs is 1. The summed E-state index contributed by atoms with van der Waals surface area (Å²) in [6, 6.07) is 3.33. The number of hydrogen-bond donors (Lipinski definition) is 1. The molecule has 1 aliphatic heterocycles. The van der Waals surface area contributed by atoms with E-state index in [9.17, 15) is 21.6 Å². The van der Waals surface area contributed by atoms with Crippen molar-refractivity contribution in [1.29, 1.82) is 0 Å². The Morgan fingerprint density at radius 1 is 1.32 bits per heavy atom. The van der Waals surface area contributed by atoms with Crippen LogP contribution in [0.4, 0.5) is 13.2 Å². The predicted octanol–water partition coefficient (Wildman–Crippen LogP) is 2.14. The van der Waals surface area contributed by atoms with E-state index in [-0.39, 0.29) is 16.9 Å². The van der Waals surface area contributed by atoms with Gasteiger partial charge in [-0.05, 0) is 43.5 Å². The van der Waals surface area contributed by atoms with Crippen molar-refractivity contribution in [2.45, 2.75) is 35.6 Å². The Balaban J connectivity index is 2.47. The highest BCUT2D eigenvalue weighted by molar-refractivity contribution is 7.92. The first-order chi connectivity index (χ1) is 8.78. The number of hydrogen-bond acceptors (Lipinski definition) is 3. The second-order valence-electron chi connectivity index (χ2n) is 4.58. The van der Waals surface area contributed by atoms with Crippen molar-refractivity contribution >= 4 is 9.84 Å². The zero-order chi connectivity index (χ0) is 14.3. The first-order valence-electron chi connectivity index (χ1n) is 5.91. The molecule has 19 heavy (non-hydrogen) atoms. The number of rotatable bonds is 3. The topological polar surface area (TPSA) is 60.2 Å². The minimum Gasteiger partial charge on any atom is -0.330 e. The van der Waals surface area contributed by atoms with Crippen LogP contribution in [-0.4, -0.2) is 20.2 Å². The normalized spacial score (nSPS) is 21.4. The number of benzene rings is 1. The molecule has 0 bridgehead atoms. The Hall–Kier alpha value is -1.08. The summed E-state index contributed by atoms with van der Waals surface area (Å²) in [7, 11) is -3.66. The van der Waals surface area contributed by atoms with Gasteiger partial charge in [-0.3, -0.25) is 0 Å². The van der Waals surface area contributed by atoms with Crippen molar-refractivity contribution in [3.63, 3.8) is 0 Å². The van der Waals surface area contributed by atoms with Gasteiger partial charge in [0.1, 0.15) is 0 Å². The molecule has 7 heteroatoms. The van der Waals surface area contributed by atoms with Crippen molar-refractivity contribution in [2.75, 3.05) is 6.54 Å². The molecule has 1 atom stereocenters. The van der Waals surface area contributed by atoms with Gasteiger partial charge in [-0.1, -0.05) is 6.07 Å². The Kier molecular flexibility index (Phi) is 3.61. The smallest absolute Gasteiger partial charge is 0.330 e. The summed E-state index contributed by atoms with van der Waals surface area (Å²) in [5.41, 5.74) is 4.38. The molecule has 2 N–H and O–H groups in total. The van der Waals surface area contributed by atoms with Crippen LogP contribution in [-0.2, 0) is 22.4 Å². The molecule has 0 saturated carbocycles. The minimum absolute atomic E-state index is 0.0760. The fourth-order valence-corrected chi connectivity index (χ4v) is 4.46. The standard InChI is InChI=1S/C12H14F3NO2S/c13-12(14,15)10-4-1-5-11-9(10)7-8(3-2-6-16)19(11,17)18/h1,4-5,8H,2-3,6-7,16H2. The number of halogens is 3. The SMILES string of the molecule is NCCCC1Cc2c(C(F)(F)F)cccc2S1(=O)=O. The zero-order valence-corrected chi connectivity index (χ0v) is 10.9. The minimum atomic E-state index is -4.52. The summed E-state index contributed by atoms with van der Waals surface area (Å²) in [5.74, 6) is 0. The lowest BCUT2D eigenvalue weighted by molar-refractivity contribution is -0.138. The first-order valence-corrected chi connectivity index (χ1v) is 7.46. The molecule has 1 aromatic rings. The average Bonchev–Trinajstić information content (AvgIpc) is 2.57. The van der Waals surface area contributed by atoms with Gasteiger partial charge in [-0.25, -0.2) is 8.42 Å². The molecule has 0 aliphatic carbocycles. The summed E-state index contributed by atoms with van der Waals surface area (Å²) in [5, 5.41) is -0.783. The Morgan fingerprint density at radius 2 is 2.00 bits per heavy atom. The van der Waals surface area contributed by atoms with Gasteiger partial charge in [0.15, 0.2) is 9.84 Å². The second-order valence-corrected chi connectivity index (χ2v) is 6.78. The van der Waals surface area contributed by atoms with E-state index in [1.54, 1.807) is 0 Å². The molecule has 106 valence electrons. The van der Waals surface area contributed by atoms with E-state index in [1.807, 2.05) is 0 Å². The van der Waals surface area contributed by atoms with E-state index in [4.69, 9.17) is 5.73 Å². The summed E-state index contributed by atoms with van der Waals surface area (Å²) in [6.45, 7) is 0.328. The van der Waals surface area contributed by atoms with Crippen molar-refractivity contribution in [1.82, 2.24) is 0 Å². The lowest BCUT2D eigenvalue weighted by Gasteiger charge is -2.10. The van der Waals surface area contributed by atoms with Gasteiger partial charge < -0.3 is 5.73 Å². The summed E-state index contributed by atoms with van der Waals surface area (Å²) in [4.78, 5) is -0.177. The van der Waals surface area contributed by atoms with E-state index in [2.05, 4.69) is 0 Å². The monoisotopic (exact) mass is 293 g/mol. The molecule has 0 spiro atoms. The van der Waals surface area contributed by atoms with Gasteiger partial charge in [0.25, 0.3) is 0 Å². The molecule has 3 nitrogen and oxygen atoms in total. The van der Waals surface area contributed by atoms with E-state index < -0.39 is 26.8 Å². The Labute approximate surface area is 109 Å². The Bertz CT molecular complexity index is 581. The quantitative estimate of drug-likeness (QED) is 0.929. The number of sulfone groups is 1.